The maximum absolute atomic E-state index is 12.5. The molecule has 1 saturated heterocycles. The first-order chi connectivity index (χ1) is 12.5. The molecule has 0 aliphatic carbocycles. The van der Waals surface area contributed by atoms with E-state index in [0.29, 0.717) is 17.9 Å². The zero-order chi connectivity index (χ0) is 18.6. The molecular formula is C16H21N5O4S. The Morgan fingerprint density at radius 3 is 2.96 bits per heavy atom. The number of hydrogen-bond donors (Lipinski definition) is 3. The molecule has 0 saturated carbocycles. The van der Waals surface area contributed by atoms with Gasteiger partial charge in [0.15, 0.2) is 5.82 Å². The number of benzene rings is 1. The fourth-order valence-corrected chi connectivity index (χ4v) is 3.63. The number of nitrogens with one attached hydrogen (secondary N) is 3. The van der Waals surface area contributed by atoms with Gasteiger partial charge in [-0.2, -0.15) is 4.98 Å². The van der Waals surface area contributed by atoms with Crippen LogP contribution in [0, 0.1) is 0 Å². The molecule has 1 aromatic heterocycles. The van der Waals surface area contributed by atoms with Gasteiger partial charge in [0.05, 0.1) is 11.4 Å². The summed E-state index contributed by atoms with van der Waals surface area (Å²) in [6.45, 7) is 3.35. The molecule has 1 unspecified atom stereocenters. The minimum absolute atomic E-state index is 0.00825. The molecule has 10 heteroatoms. The Bertz CT molecular complexity index is 874. The van der Waals surface area contributed by atoms with Crippen molar-refractivity contribution in [2.24, 2.45) is 0 Å². The average molecular weight is 379 g/mol. The van der Waals surface area contributed by atoms with E-state index in [1.165, 1.54) is 12.1 Å². The van der Waals surface area contributed by atoms with Crippen LogP contribution in [0.25, 0.3) is 0 Å². The molecule has 3 N–H and O–H groups in total. The number of carbonyl (C=O) groups is 1. The van der Waals surface area contributed by atoms with Gasteiger partial charge >= 0.3 is 0 Å². The molecule has 140 valence electrons. The number of sulfonamides is 1. The van der Waals surface area contributed by atoms with Crippen LogP contribution in [0.1, 0.15) is 35.4 Å². The quantitative estimate of drug-likeness (QED) is 0.627. The molecular weight excluding hydrogens is 358 g/mol. The second-order valence-corrected chi connectivity index (χ2v) is 7.74. The topological polar surface area (TPSA) is 126 Å². The Labute approximate surface area is 151 Å². The Morgan fingerprint density at radius 1 is 1.42 bits per heavy atom. The third kappa shape index (κ3) is 4.45. The molecule has 3 rings (SSSR count). The summed E-state index contributed by atoms with van der Waals surface area (Å²) in [4.78, 5) is 16.4. The van der Waals surface area contributed by atoms with Crippen molar-refractivity contribution in [2.75, 3.05) is 13.1 Å². The molecule has 26 heavy (non-hydrogen) atoms. The van der Waals surface area contributed by atoms with Gasteiger partial charge in [-0.3, -0.25) is 4.79 Å². The molecule has 1 atom stereocenters. The van der Waals surface area contributed by atoms with Crippen molar-refractivity contribution in [1.29, 1.82) is 0 Å². The first-order valence-corrected chi connectivity index (χ1v) is 9.89. The van der Waals surface area contributed by atoms with Crippen LogP contribution >= 0.6 is 0 Å². The van der Waals surface area contributed by atoms with Gasteiger partial charge in [0.1, 0.15) is 0 Å². The lowest BCUT2D eigenvalue weighted by molar-refractivity contribution is 0.0940. The van der Waals surface area contributed by atoms with Crippen molar-refractivity contribution in [1.82, 2.24) is 25.5 Å². The van der Waals surface area contributed by atoms with Crippen molar-refractivity contribution in [3.63, 3.8) is 0 Å². The van der Waals surface area contributed by atoms with Crippen LogP contribution in [0.5, 0.6) is 0 Å². The third-order valence-electron chi connectivity index (χ3n) is 4.03. The van der Waals surface area contributed by atoms with Gasteiger partial charge in [-0.1, -0.05) is 18.1 Å². The summed E-state index contributed by atoms with van der Waals surface area (Å²) in [5, 5.41) is 9.76. The molecule has 1 aliphatic rings. The third-order valence-corrected chi connectivity index (χ3v) is 5.43. The smallest absolute Gasteiger partial charge is 0.251 e. The molecule has 9 nitrogen and oxygen atoms in total. The Hall–Kier alpha value is -2.30. The van der Waals surface area contributed by atoms with E-state index in [0.717, 1.165) is 19.5 Å². The lowest BCUT2D eigenvalue weighted by Gasteiger charge is -2.12. The summed E-state index contributed by atoms with van der Waals surface area (Å²) < 4.78 is 32.3. The lowest BCUT2D eigenvalue weighted by atomic mass is 10.2. The predicted molar refractivity (Wildman–Crippen MR) is 92.9 cm³/mol. The van der Waals surface area contributed by atoms with E-state index in [1.807, 2.05) is 6.92 Å². The van der Waals surface area contributed by atoms with Crippen LogP contribution < -0.4 is 15.4 Å². The molecule has 2 heterocycles. The average Bonchev–Trinajstić information content (AvgIpc) is 3.31. The summed E-state index contributed by atoms with van der Waals surface area (Å²) in [7, 11) is -3.80. The van der Waals surface area contributed by atoms with Gasteiger partial charge in [-0.05, 0) is 31.2 Å². The summed E-state index contributed by atoms with van der Waals surface area (Å²) in [6, 6.07) is 5.98. The van der Waals surface area contributed by atoms with E-state index < -0.39 is 10.0 Å². The fourth-order valence-electron chi connectivity index (χ4n) is 2.60. The zero-order valence-corrected chi connectivity index (χ0v) is 15.2. The SMILES string of the molecule is CCc1nc(CNS(=O)(=O)c2cccc(C(=O)NC3CCNC3)c2)no1. The van der Waals surface area contributed by atoms with E-state index in [9.17, 15) is 13.2 Å². The van der Waals surface area contributed by atoms with E-state index >= 15 is 0 Å². The second kappa shape index (κ2) is 7.94. The number of hydrogen-bond acceptors (Lipinski definition) is 7. The molecule has 1 aromatic carbocycles. The van der Waals surface area contributed by atoms with Gasteiger partial charge in [0, 0.05) is 24.6 Å². The van der Waals surface area contributed by atoms with Crippen molar-refractivity contribution in [3.05, 3.63) is 41.5 Å². The maximum atomic E-state index is 12.5. The molecule has 0 spiro atoms. The van der Waals surface area contributed by atoms with E-state index in [1.54, 1.807) is 12.1 Å². The summed E-state index contributed by atoms with van der Waals surface area (Å²) in [5.74, 6) is 0.411. The number of amides is 1. The van der Waals surface area contributed by atoms with Crippen molar-refractivity contribution in [2.45, 2.75) is 37.2 Å². The van der Waals surface area contributed by atoms with Crippen LogP contribution in [-0.4, -0.2) is 43.6 Å². The molecule has 1 amide bonds. The number of aryl methyl sites for hydroxylation is 1. The number of rotatable bonds is 7. The van der Waals surface area contributed by atoms with Crippen molar-refractivity contribution < 1.29 is 17.7 Å². The van der Waals surface area contributed by atoms with Crippen LogP contribution in [0.4, 0.5) is 0 Å². The van der Waals surface area contributed by atoms with E-state index in [2.05, 4.69) is 25.5 Å². The van der Waals surface area contributed by atoms with Gasteiger partial charge < -0.3 is 15.2 Å². The Morgan fingerprint density at radius 2 is 2.27 bits per heavy atom. The lowest BCUT2D eigenvalue weighted by Crippen LogP contribution is -2.36. The van der Waals surface area contributed by atoms with Crippen LogP contribution in [0.15, 0.2) is 33.7 Å². The Kier molecular flexibility index (Phi) is 5.64. The summed E-state index contributed by atoms with van der Waals surface area (Å²) >= 11 is 0. The zero-order valence-electron chi connectivity index (χ0n) is 14.4. The van der Waals surface area contributed by atoms with Crippen molar-refractivity contribution in [3.8, 4) is 0 Å². The number of carbonyl (C=O) groups excluding carboxylic acids is 1. The maximum Gasteiger partial charge on any atom is 0.251 e. The highest BCUT2D eigenvalue weighted by molar-refractivity contribution is 7.89. The summed E-state index contributed by atoms with van der Waals surface area (Å²) in [6.07, 6.45) is 1.43. The first-order valence-electron chi connectivity index (χ1n) is 8.40. The van der Waals surface area contributed by atoms with Crippen LogP contribution in [0.2, 0.25) is 0 Å². The first kappa shape index (κ1) is 18.5. The van der Waals surface area contributed by atoms with Crippen LogP contribution in [0.3, 0.4) is 0 Å². The molecule has 1 aliphatic heterocycles. The monoisotopic (exact) mass is 379 g/mol. The fraction of sp³-hybridized carbons (Fsp3) is 0.438. The summed E-state index contributed by atoms with van der Waals surface area (Å²) in [5.41, 5.74) is 0.299. The molecule has 2 aromatic rings. The van der Waals surface area contributed by atoms with E-state index in [-0.39, 0.29) is 29.2 Å². The minimum atomic E-state index is -3.80. The number of nitrogens with zero attached hydrogens (tertiary/aromatic N) is 2. The largest absolute Gasteiger partial charge is 0.348 e. The number of aromatic nitrogens is 2. The van der Waals surface area contributed by atoms with Crippen molar-refractivity contribution >= 4 is 15.9 Å². The van der Waals surface area contributed by atoms with Gasteiger partial charge in [-0.25, -0.2) is 13.1 Å². The predicted octanol–water partition coefficient (Wildman–Crippen LogP) is 0.202. The highest BCUT2D eigenvalue weighted by Crippen LogP contribution is 2.13. The van der Waals surface area contributed by atoms with E-state index in [4.69, 9.17) is 4.52 Å². The standard InChI is InChI=1S/C16H21N5O4S/c1-2-15-20-14(21-25-15)10-18-26(23,24)13-5-3-4-11(8-13)16(22)19-12-6-7-17-9-12/h3-5,8,12,17-18H,2,6-7,9-10H2,1H3,(H,19,22). The highest BCUT2D eigenvalue weighted by atomic mass is 32.2. The minimum Gasteiger partial charge on any atom is -0.348 e. The molecule has 0 bridgehead atoms. The molecule has 0 radical (unpaired) electrons. The van der Waals surface area contributed by atoms with Gasteiger partial charge in [0.2, 0.25) is 15.9 Å². The molecule has 1 fully saturated rings. The Balaban J connectivity index is 1.67. The second-order valence-electron chi connectivity index (χ2n) is 5.97. The highest BCUT2D eigenvalue weighted by Gasteiger charge is 2.20. The van der Waals surface area contributed by atoms with Gasteiger partial charge in [-0.15, -0.1) is 0 Å². The van der Waals surface area contributed by atoms with Crippen LogP contribution in [-0.2, 0) is 23.0 Å². The normalized spacial score (nSPS) is 17.3. The van der Waals surface area contributed by atoms with Gasteiger partial charge in [0.25, 0.3) is 5.91 Å².